The van der Waals surface area contributed by atoms with Crippen molar-refractivity contribution in [3.8, 4) is 0 Å². The van der Waals surface area contributed by atoms with Crippen LogP contribution in [0.3, 0.4) is 0 Å². The quantitative estimate of drug-likeness (QED) is 0.583. The summed E-state index contributed by atoms with van der Waals surface area (Å²) in [6.45, 7) is 6.46. The van der Waals surface area contributed by atoms with Crippen molar-refractivity contribution < 1.29 is 4.74 Å². The minimum atomic E-state index is 0.107. The Balaban J connectivity index is 3.06. The summed E-state index contributed by atoms with van der Waals surface area (Å²) in [4.78, 5) is 2.17. The van der Waals surface area contributed by atoms with Crippen LogP contribution in [0.4, 0.5) is 5.69 Å². The number of benzene rings is 1. The molecule has 0 aliphatic rings. The molecule has 0 radical (unpaired) electrons. The summed E-state index contributed by atoms with van der Waals surface area (Å²) in [5, 5.41) is 7.61. The first-order valence-corrected chi connectivity index (χ1v) is 5.79. The monoisotopic (exact) mass is 235 g/mol. The molecule has 0 bridgehead atoms. The second-order valence-electron chi connectivity index (χ2n) is 4.01. The van der Waals surface area contributed by atoms with Gasteiger partial charge in [-0.05, 0) is 31.5 Å². The summed E-state index contributed by atoms with van der Waals surface area (Å²) in [5.41, 5.74) is 8.58. The van der Waals surface area contributed by atoms with Crippen LogP contribution < -0.4 is 10.6 Å². The Bertz CT molecular complexity index is 390. The Morgan fingerprint density at radius 2 is 2.18 bits per heavy atom. The van der Waals surface area contributed by atoms with Crippen molar-refractivity contribution in [1.29, 1.82) is 5.41 Å². The summed E-state index contributed by atoms with van der Waals surface area (Å²) in [7, 11) is 1.69. The zero-order chi connectivity index (χ0) is 12.8. The highest BCUT2D eigenvalue weighted by molar-refractivity contribution is 6.00. The third-order valence-electron chi connectivity index (χ3n) is 2.73. The van der Waals surface area contributed by atoms with E-state index in [2.05, 4.69) is 17.9 Å². The van der Waals surface area contributed by atoms with E-state index in [9.17, 15) is 0 Å². The lowest BCUT2D eigenvalue weighted by molar-refractivity contribution is 0.205. The molecule has 0 atom stereocenters. The van der Waals surface area contributed by atoms with E-state index in [4.69, 9.17) is 15.9 Å². The minimum Gasteiger partial charge on any atom is -0.384 e. The van der Waals surface area contributed by atoms with E-state index < -0.39 is 0 Å². The molecule has 0 unspecified atom stereocenters. The number of ether oxygens (including phenoxy) is 1. The summed E-state index contributed by atoms with van der Waals surface area (Å²) >= 11 is 0. The summed E-state index contributed by atoms with van der Waals surface area (Å²) < 4.78 is 5.10. The van der Waals surface area contributed by atoms with Gasteiger partial charge in [0.2, 0.25) is 0 Å². The van der Waals surface area contributed by atoms with Gasteiger partial charge in [-0.1, -0.05) is 6.07 Å². The van der Waals surface area contributed by atoms with E-state index in [1.54, 1.807) is 7.11 Å². The minimum absolute atomic E-state index is 0.107. The van der Waals surface area contributed by atoms with Gasteiger partial charge >= 0.3 is 0 Å². The number of nitrogen functional groups attached to an aromatic ring is 1. The van der Waals surface area contributed by atoms with Crippen molar-refractivity contribution in [1.82, 2.24) is 0 Å². The molecule has 94 valence electrons. The molecule has 4 heteroatoms. The lowest BCUT2D eigenvalue weighted by Crippen LogP contribution is -2.29. The highest BCUT2D eigenvalue weighted by Crippen LogP contribution is 2.21. The summed E-state index contributed by atoms with van der Waals surface area (Å²) in [6.07, 6.45) is 0. The second-order valence-corrected chi connectivity index (χ2v) is 4.01. The Kier molecular flexibility index (Phi) is 4.97. The molecule has 0 aliphatic heterocycles. The Morgan fingerprint density at radius 1 is 1.47 bits per heavy atom. The number of anilines is 1. The molecule has 0 aromatic heterocycles. The summed E-state index contributed by atoms with van der Waals surface area (Å²) in [6, 6.07) is 5.95. The Labute approximate surface area is 103 Å². The molecule has 4 nitrogen and oxygen atoms in total. The maximum Gasteiger partial charge on any atom is 0.124 e. The van der Waals surface area contributed by atoms with Crippen LogP contribution in [0.25, 0.3) is 0 Å². The number of rotatable bonds is 6. The second kappa shape index (κ2) is 6.25. The molecule has 0 heterocycles. The molecule has 1 rings (SSSR count). The topological polar surface area (TPSA) is 62.3 Å². The van der Waals surface area contributed by atoms with Gasteiger partial charge in [0.05, 0.1) is 6.61 Å². The molecule has 1 aromatic carbocycles. The molecule has 0 spiro atoms. The lowest BCUT2D eigenvalue weighted by atomic mass is 10.1. The number of hydrogen-bond donors (Lipinski definition) is 2. The highest BCUT2D eigenvalue weighted by Gasteiger charge is 2.11. The number of likely N-dealkylation sites (N-methyl/N-ethyl adjacent to an activating group) is 1. The maximum absolute atomic E-state index is 7.61. The van der Waals surface area contributed by atoms with Crippen LogP contribution in [0.1, 0.15) is 18.1 Å². The number of nitrogens with two attached hydrogens (primary N) is 1. The Morgan fingerprint density at radius 3 is 2.71 bits per heavy atom. The van der Waals surface area contributed by atoms with Gasteiger partial charge in [-0.15, -0.1) is 0 Å². The molecule has 0 saturated carbocycles. The van der Waals surface area contributed by atoms with Gasteiger partial charge < -0.3 is 15.4 Å². The van der Waals surface area contributed by atoms with Crippen molar-refractivity contribution in [2.24, 2.45) is 5.73 Å². The predicted octanol–water partition coefficient (Wildman–Crippen LogP) is 1.75. The molecule has 0 amide bonds. The van der Waals surface area contributed by atoms with E-state index in [0.29, 0.717) is 6.61 Å². The average Bonchev–Trinajstić information content (AvgIpc) is 2.29. The van der Waals surface area contributed by atoms with E-state index in [0.717, 1.165) is 24.3 Å². The van der Waals surface area contributed by atoms with Crippen LogP contribution >= 0.6 is 0 Å². The van der Waals surface area contributed by atoms with Gasteiger partial charge in [0, 0.05) is 31.5 Å². The first-order chi connectivity index (χ1) is 8.10. The molecule has 0 fully saturated rings. The molecular weight excluding hydrogens is 214 g/mol. The standard InChI is InChI=1S/C13H21N3O/c1-4-16(7-8-17-3)12-9-10(2)5-6-11(12)13(14)15/h5-6,9H,4,7-8H2,1-3H3,(H3,14,15). The molecule has 1 aromatic rings. The van der Waals surface area contributed by atoms with Crippen molar-refractivity contribution in [3.05, 3.63) is 29.3 Å². The number of methoxy groups -OCH3 is 1. The Hall–Kier alpha value is -1.55. The maximum atomic E-state index is 7.61. The number of aryl methyl sites for hydroxylation is 1. The third-order valence-corrected chi connectivity index (χ3v) is 2.73. The zero-order valence-corrected chi connectivity index (χ0v) is 10.8. The van der Waals surface area contributed by atoms with E-state index in [-0.39, 0.29) is 5.84 Å². The largest absolute Gasteiger partial charge is 0.384 e. The molecule has 3 N–H and O–H groups in total. The van der Waals surface area contributed by atoms with Gasteiger partial charge in [-0.3, -0.25) is 5.41 Å². The fourth-order valence-corrected chi connectivity index (χ4v) is 1.78. The molecule has 0 saturated heterocycles. The van der Waals surface area contributed by atoms with Crippen molar-refractivity contribution in [2.75, 3.05) is 31.7 Å². The van der Waals surface area contributed by atoms with E-state index in [1.165, 1.54) is 5.56 Å². The number of amidine groups is 1. The number of nitrogens with one attached hydrogen (secondary N) is 1. The molecule has 17 heavy (non-hydrogen) atoms. The first kappa shape index (κ1) is 13.5. The van der Waals surface area contributed by atoms with E-state index >= 15 is 0 Å². The predicted molar refractivity (Wildman–Crippen MR) is 72.0 cm³/mol. The smallest absolute Gasteiger partial charge is 0.124 e. The highest BCUT2D eigenvalue weighted by atomic mass is 16.5. The van der Waals surface area contributed by atoms with Gasteiger partial charge in [0.15, 0.2) is 0 Å². The van der Waals surface area contributed by atoms with Crippen LogP contribution in [0.2, 0.25) is 0 Å². The molecule has 0 aliphatic carbocycles. The van der Waals surface area contributed by atoms with Gasteiger partial charge in [-0.25, -0.2) is 0 Å². The van der Waals surface area contributed by atoms with Gasteiger partial charge in [0.1, 0.15) is 5.84 Å². The average molecular weight is 235 g/mol. The fraction of sp³-hybridized carbons (Fsp3) is 0.462. The fourth-order valence-electron chi connectivity index (χ4n) is 1.78. The van der Waals surface area contributed by atoms with Crippen LogP contribution in [0.5, 0.6) is 0 Å². The van der Waals surface area contributed by atoms with Crippen molar-refractivity contribution >= 4 is 11.5 Å². The van der Waals surface area contributed by atoms with Crippen LogP contribution in [-0.2, 0) is 4.74 Å². The van der Waals surface area contributed by atoms with Crippen molar-refractivity contribution in [2.45, 2.75) is 13.8 Å². The van der Waals surface area contributed by atoms with Crippen LogP contribution in [0, 0.1) is 12.3 Å². The number of hydrogen-bond acceptors (Lipinski definition) is 3. The van der Waals surface area contributed by atoms with Crippen LogP contribution in [-0.4, -0.2) is 32.6 Å². The van der Waals surface area contributed by atoms with Gasteiger partial charge in [-0.2, -0.15) is 0 Å². The molecular formula is C13H21N3O. The lowest BCUT2D eigenvalue weighted by Gasteiger charge is -2.25. The van der Waals surface area contributed by atoms with E-state index in [1.807, 2.05) is 19.1 Å². The van der Waals surface area contributed by atoms with Crippen molar-refractivity contribution in [3.63, 3.8) is 0 Å². The first-order valence-electron chi connectivity index (χ1n) is 5.79. The summed E-state index contributed by atoms with van der Waals surface area (Å²) in [5.74, 6) is 0.107. The zero-order valence-electron chi connectivity index (χ0n) is 10.8. The number of nitrogens with zero attached hydrogens (tertiary/aromatic N) is 1. The normalized spacial score (nSPS) is 10.3. The van der Waals surface area contributed by atoms with Crippen LogP contribution in [0.15, 0.2) is 18.2 Å². The van der Waals surface area contributed by atoms with Gasteiger partial charge in [0.25, 0.3) is 0 Å². The third kappa shape index (κ3) is 3.46. The SMILES string of the molecule is CCN(CCOC)c1cc(C)ccc1C(=N)N.